The highest BCUT2D eigenvalue weighted by atomic mass is 79.9. The average Bonchev–Trinajstić information content (AvgIpc) is 2.20. The molecule has 3 nitrogen and oxygen atoms in total. The molecule has 18 heavy (non-hydrogen) atoms. The van der Waals surface area contributed by atoms with Gasteiger partial charge in [0, 0.05) is 6.54 Å². The summed E-state index contributed by atoms with van der Waals surface area (Å²) in [5, 5.41) is 2.93. The molecule has 1 aromatic rings. The molecule has 0 amide bonds. The lowest BCUT2D eigenvalue weighted by Crippen LogP contribution is -2.17. The van der Waals surface area contributed by atoms with Gasteiger partial charge in [0.05, 0.1) is 10.2 Å². The summed E-state index contributed by atoms with van der Waals surface area (Å²) < 4.78 is 37.8. The molecule has 0 atom stereocenters. The lowest BCUT2D eigenvalue weighted by atomic mass is 10.1. The van der Waals surface area contributed by atoms with Gasteiger partial charge in [0.1, 0.15) is 18.1 Å². The lowest BCUT2D eigenvalue weighted by molar-refractivity contribution is -0.128. The van der Waals surface area contributed by atoms with Crippen LogP contribution in [-0.2, 0) is 6.42 Å². The molecule has 0 aromatic carbocycles. The Bertz CT molecular complexity index is 419. The van der Waals surface area contributed by atoms with Crippen LogP contribution in [0.3, 0.4) is 0 Å². The molecule has 0 radical (unpaired) electrons. The molecule has 0 aliphatic heterocycles. The first-order valence-electron chi connectivity index (χ1n) is 5.61. The first kappa shape index (κ1) is 15.2. The fourth-order valence-electron chi connectivity index (χ4n) is 1.44. The normalized spacial score (nSPS) is 12.0. The van der Waals surface area contributed by atoms with E-state index in [4.69, 9.17) is 0 Å². The van der Waals surface area contributed by atoms with Gasteiger partial charge in [0.25, 0.3) is 0 Å². The maximum atomic E-state index is 12.4. The number of hydrogen-bond acceptors (Lipinski definition) is 3. The topological polar surface area (TPSA) is 37.8 Å². The third-order valence-corrected chi connectivity index (χ3v) is 2.95. The van der Waals surface area contributed by atoms with Crippen molar-refractivity contribution in [1.82, 2.24) is 9.97 Å². The Morgan fingerprint density at radius 3 is 2.33 bits per heavy atom. The highest BCUT2D eigenvalue weighted by molar-refractivity contribution is 9.10. The maximum Gasteiger partial charge on any atom is 0.396 e. The molecular weight excluding hydrogens is 311 g/mol. The smallest absolute Gasteiger partial charge is 0.369 e. The minimum absolute atomic E-state index is 0.0202. The van der Waals surface area contributed by atoms with E-state index in [-0.39, 0.29) is 11.7 Å². The number of halogens is 4. The van der Waals surface area contributed by atoms with Crippen molar-refractivity contribution >= 4 is 21.7 Å². The van der Waals surface area contributed by atoms with Crippen LogP contribution >= 0.6 is 15.9 Å². The second-order valence-electron chi connectivity index (χ2n) is 4.16. The summed E-state index contributed by atoms with van der Waals surface area (Å²) in [6.07, 6.45) is -5.41. The zero-order chi connectivity index (χ0) is 13.9. The van der Waals surface area contributed by atoms with Crippen LogP contribution in [0, 0.1) is 0 Å². The van der Waals surface area contributed by atoms with Gasteiger partial charge in [-0.25, -0.2) is 9.97 Å². The van der Waals surface area contributed by atoms with Crippen molar-refractivity contribution in [2.45, 2.75) is 39.3 Å². The first-order valence-corrected chi connectivity index (χ1v) is 6.40. The van der Waals surface area contributed by atoms with E-state index in [9.17, 15) is 13.2 Å². The van der Waals surface area contributed by atoms with Crippen molar-refractivity contribution in [3.05, 3.63) is 16.0 Å². The van der Waals surface area contributed by atoms with Crippen LogP contribution in [0.25, 0.3) is 0 Å². The Labute approximate surface area is 112 Å². The van der Waals surface area contributed by atoms with Crippen LogP contribution in [0.15, 0.2) is 4.47 Å². The molecule has 102 valence electrons. The van der Waals surface area contributed by atoms with Gasteiger partial charge in [-0.15, -0.1) is 0 Å². The van der Waals surface area contributed by atoms with Gasteiger partial charge >= 0.3 is 6.18 Å². The number of anilines is 1. The van der Waals surface area contributed by atoms with Gasteiger partial charge in [-0.3, -0.25) is 0 Å². The molecule has 7 heteroatoms. The predicted molar refractivity (Wildman–Crippen MR) is 67.7 cm³/mol. The average molecular weight is 326 g/mol. The summed E-state index contributed by atoms with van der Waals surface area (Å²) in [5.41, 5.74) is 0.584. The Hall–Kier alpha value is -0.850. The van der Waals surface area contributed by atoms with Crippen LogP contribution in [0.5, 0.6) is 0 Å². The Morgan fingerprint density at radius 1 is 1.28 bits per heavy atom. The van der Waals surface area contributed by atoms with Crippen molar-refractivity contribution in [3.63, 3.8) is 0 Å². The lowest BCUT2D eigenvalue weighted by Gasteiger charge is -2.15. The second kappa shape index (κ2) is 5.86. The molecular formula is C11H15BrF3N3. The van der Waals surface area contributed by atoms with Crippen molar-refractivity contribution in [1.29, 1.82) is 0 Å². The SMILES string of the molecule is CCNc1nc(CC(F)(F)F)nc(C(C)C)c1Br. The second-order valence-corrected chi connectivity index (χ2v) is 4.96. The fourth-order valence-corrected chi connectivity index (χ4v) is 2.21. The highest BCUT2D eigenvalue weighted by Crippen LogP contribution is 2.30. The van der Waals surface area contributed by atoms with Crippen molar-refractivity contribution in [2.75, 3.05) is 11.9 Å². The van der Waals surface area contributed by atoms with E-state index < -0.39 is 12.6 Å². The van der Waals surface area contributed by atoms with Crippen LogP contribution in [0.4, 0.5) is 19.0 Å². The zero-order valence-electron chi connectivity index (χ0n) is 10.4. The van der Waals surface area contributed by atoms with Gasteiger partial charge in [-0.05, 0) is 28.8 Å². The van der Waals surface area contributed by atoms with Crippen molar-refractivity contribution in [2.24, 2.45) is 0 Å². The highest BCUT2D eigenvalue weighted by Gasteiger charge is 2.30. The van der Waals surface area contributed by atoms with Crippen LogP contribution < -0.4 is 5.32 Å². The van der Waals surface area contributed by atoms with E-state index >= 15 is 0 Å². The van der Waals surface area contributed by atoms with Crippen LogP contribution in [0.2, 0.25) is 0 Å². The van der Waals surface area contributed by atoms with Gasteiger partial charge in [0.2, 0.25) is 0 Å². The van der Waals surface area contributed by atoms with Crippen LogP contribution in [-0.4, -0.2) is 22.7 Å². The maximum absolute atomic E-state index is 12.4. The molecule has 1 rings (SSSR count). The third-order valence-electron chi connectivity index (χ3n) is 2.17. The molecule has 0 bridgehead atoms. The number of rotatable bonds is 4. The summed E-state index contributed by atoms with van der Waals surface area (Å²) in [6, 6.07) is 0. The monoisotopic (exact) mass is 325 g/mol. The van der Waals surface area contributed by atoms with E-state index in [0.717, 1.165) is 0 Å². The Kier molecular flexibility index (Phi) is 4.95. The molecule has 1 aromatic heterocycles. The summed E-state index contributed by atoms with van der Waals surface area (Å²) in [7, 11) is 0. The molecule has 1 heterocycles. The van der Waals surface area contributed by atoms with Gasteiger partial charge in [-0.2, -0.15) is 13.2 Å². The molecule has 0 saturated heterocycles. The summed E-state index contributed by atoms with van der Waals surface area (Å²) >= 11 is 3.33. The van der Waals surface area contributed by atoms with E-state index in [2.05, 4.69) is 31.2 Å². The van der Waals surface area contributed by atoms with Gasteiger partial charge in [0.15, 0.2) is 0 Å². The van der Waals surface area contributed by atoms with E-state index in [0.29, 0.717) is 22.5 Å². The molecule has 0 spiro atoms. The first-order chi connectivity index (χ1) is 8.24. The fraction of sp³-hybridized carbons (Fsp3) is 0.636. The number of aromatic nitrogens is 2. The van der Waals surface area contributed by atoms with E-state index in [1.54, 1.807) is 0 Å². The number of alkyl halides is 3. The third kappa shape index (κ3) is 4.12. The minimum atomic E-state index is -4.30. The molecule has 0 saturated carbocycles. The molecule has 0 unspecified atom stereocenters. The molecule has 1 N–H and O–H groups in total. The van der Waals surface area contributed by atoms with Gasteiger partial charge in [-0.1, -0.05) is 13.8 Å². The van der Waals surface area contributed by atoms with E-state index in [1.165, 1.54) is 0 Å². The molecule has 0 aliphatic carbocycles. The van der Waals surface area contributed by atoms with Crippen LogP contribution in [0.1, 0.15) is 38.2 Å². The molecule has 0 fully saturated rings. The summed E-state index contributed by atoms with van der Waals surface area (Å²) in [6.45, 7) is 6.19. The zero-order valence-corrected chi connectivity index (χ0v) is 12.0. The predicted octanol–water partition coefficient (Wildman–Crippen LogP) is 3.90. The Balaban J connectivity index is 3.20. The largest absolute Gasteiger partial charge is 0.396 e. The summed E-state index contributed by atoms with van der Waals surface area (Å²) in [5.74, 6) is 0.229. The van der Waals surface area contributed by atoms with E-state index in [1.807, 2.05) is 20.8 Å². The standard InChI is InChI=1S/C11H15BrF3N3/c1-4-16-10-8(12)9(6(2)3)17-7(18-10)5-11(13,14)15/h6H,4-5H2,1-3H3,(H,16,17,18). The Morgan fingerprint density at radius 2 is 1.89 bits per heavy atom. The van der Waals surface area contributed by atoms with Crippen molar-refractivity contribution < 1.29 is 13.2 Å². The number of nitrogens with one attached hydrogen (secondary N) is 1. The van der Waals surface area contributed by atoms with Crippen molar-refractivity contribution in [3.8, 4) is 0 Å². The van der Waals surface area contributed by atoms with Gasteiger partial charge < -0.3 is 5.32 Å². The molecule has 0 aliphatic rings. The number of nitrogens with zero attached hydrogens (tertiary/aromatic N) is 2. The number of hydrogen-bond donors (Lipinski definition) is 1. The summed E-state index contributed by atoms with van der Waals surface area (Å²) in [4.78, 5) is 7.88. The quantitative estimate of drug-likeness (QED) is 0.912. The minimum Gasteiger partial charge on any atom is -0.369 e.